The quantitative estimate of drug-likeness (QED) is 0.232. The van der Waals surface area contributed by atoms with Gasteiger partial charge in [0.05, 0.1) is 30.3 Å². The molecule has 0 spiro atoms. The highest BCUT2D eigenvalue weighted by Crippen LogP contribution is 2.34. The van der Waals surface area contributed by atoms with E-state index in [0.717, 1.165) is 4.47 Å². The smallest absolute Gasteiger partial charge is 0.347 e. The predicted octanol–water partition coefficient (Wildman–Crippen LogP) is 5.83. The van der Waals surface area contributed by atoms with E-state index in [1.807, 2.05) is 39.8 Å². The summed E-state index contributed by atoms with van der Waals surface area (Å²) in [5.41, 5.74) is 0.547. The summed E-state index contributed by atoms with van der Waals surface area (Å²) >= 11 is 6.96. The van der Waals surface area contributed by atoms with Crippen molar-refractivity contribution in [2.75, 3.05) is 13.2 Å². The molecule has 0 aliphatic heterocycles. The number of fused-ring (bicyclic) bond motifs is 1. The van der Waals surface area contributed by atoms with Crippen LogP contribution in [-0.2, 0) is 14.9 Å². The number of benzene rings is 2. The Bertz CT molecular complexity index is 1360. The predicted molar refractivity (Wildman–Crippen MR) is 147 cm³/mol. The summed E-state index contributed by atoms with van der Waals surface area (Å²) in [6.07, 6.45) is 0.749. The summed E-state index contributed by atoms with van der Waals surface area (Å²) in [5.74, 6) is 0.877. The van der Waals surface area contributed by atoms with E-state index in [2.05, 4.69) is 37.0 Å². The van der Waals surface area contributed by atoms with E-state index >= 15 is 0 Å². The number of ether oxygens (including phenoxy) is 3. The highest BCUT2D eigenvalue weighted by Gasteiger charge is 2.23. The number of esters is 1. The molecule has 1 aromatic heterocycles. The summed E-state index contributed by atoms with van der Waals surface area (Å²) < 4.78 is 19.3. The van der Waals surface area contributed by atoms with Gasteiger partial charge in [-0.1, -0.05) is 36.7 Å². The largest absolute Gasteiger partial charge is 0.490 e. The molecule has 1 atom stereocenters. The lowest BCUT2D eigenvalue weighted by Crippen LogP contribution is -2.29. The number of aromatic nitrogens is 2. The Morgan fingerprint density at radius 1 is 1.14 bits per heavy atom. The van der Waals surface area contributed by atoms with E-state index in [1.165, 1.54) is 4.68 Å². The van der Waals surface area contributed by atoms with Gasteiger partial charge in [0.1, 0.15) is 5.82 Å². The zero-order valence-corrected chi connectivity index (χ0v) is 24.3. The SMILES string of the molecule is CCOC(=O)[C@@H](C)Oc1cc(Br)c(C=Nn2c(C(C)(C)C)nc3ccc(Br)cc3c2=O)cc1OCC. The molecule has 0 saturated carbocycles. The van der Waals surface area contributed by atoms with Gasteiger partial charge in [-0.2, -0.15) is 9.78 Å². The third-order valence-electron chi connectivity index (χ3n) is 5.08. The highest BCUT2D eigenvalue weighted by atomic mass is 79.9. The lowest BCUT2D eigenvalue weighted by atomic mass is 9.95. The molecule has 0 saturated heterocycles. The molecule has 192 valence electrons. The van der Waals surface area contributed by atoms with Crippen LogP contribution in [0.15, 0.2) is 49.2 Å². The van der Waals surface area contributed by atoms with Gasteiger partial charge in [-0.25, -0.2) is 9.78 Å². The molecular formula is C26H29Br2N3O5. The second kappa shape index (κ2) is 11.6. The number of rotatable bonds is 8. The summed E-state index contributed by atoms with van der Waals surface area (Å²) in [7, 11) is 0. The van der Waals surface area contributed by atoms with Crippen LogP contribution in [0.5, 0.6) is 11.5 Å². The lowest BCUT2D eigenvalue weighted by molar-refractivity contribution is -0.150. The zero-order valence-electron chi connectivity index (χ0n) is 21.1. The first-order chi connectivity index (χ1) is 17.0. The van der Waals surface area contributed by atoms with Crippen LogP contribution in [0.3, 0.4) is 0 Å². The Morgan fingerprint density at radius 3 is 2.50 bits per heavy atom. The Balaban J connectivity index is 2.08. The number of hydrogen-bond acceptors (Lipinski definition) is 7. The molecule has 2 aromatic carbocycles. The van der Waals surface area contributed by atoms with E-state index in [1.54, 1.807) is 38.3 Å². The van der Waals surface area contributed by atoms with Gasteiger partial charge < -0.3 is 14.2 Å². The number of carbonyl (C=O) groups excluding carboxylic acids is 1. The molecule has 0 aliphatic carbocycles. The van der Waals surface area contributed by atoms with Gasteiger partial charge in [0.15, 0.2) is 17.6 Å². The zero-order chi connectivity index (χ0) is 26.6. The monoisotopic (exact) mass is 621 g/mol. The molecule has 0 radical (unpaired) electrons. The molecule has 0 fully saturated rings. The van der Waals surface area contributed by atoms with E-state index in [-0.39, 0.29) is 12.2 Å². The molecule has 36 heavy (non-hydrogen) atoms. The van der Waals surface area contributed by atoms with E-state index in [0.29, 0.717) is 44.9 Å². The Kier molecular flexibility index (Phi) is 8.94. The van der Waals surface area contributed by atoms with Crippen LogP contribution >= 0.6 is 31.9 Å². The van der Waals surface area contributed by atoms with Crippen molar-refractivity contribution in [3.8, 4) is 11.5 Å². The third-order valence-corrected chi connectivity index (χ3v) is 6.26. The van der Waals surface area contributed by atoms with Gasteiger partial charge in [-0.05, 0) is 67.0 Å². The van der Waals surface area contributed by atoms with Crippen molar-refractivity contribution in [2.24, 2.45) is 5.10 Å². The van der Waals surface area contributed by atoms with Gasteiger partial charge in [-0.15, -0.1) is 0 Å². The van der Waals surface area contributed by atoms with Crippen molar-refractivity contribution in [1.29, 1.82) is 0 Å². The van der Waals surface area contributed by atoms with Gasteiger partial charge in [0, 0.05) is 19.9 Å². The Hall–Kier alpha value is -2.72. The van der Waals surface area contributed by atoms with E-state index in [9.17, 15) is 9.59 Å². The number of halogens is 2. The van der Waals surface area contributed by atoms with Crippen LogP contribution in [0.2, 0.25) is 0 Å². The lowest BCUT2D eigenvalue weighted by Gasteiger charge is -2.21. The number of carbonyl (C=O) groups is 1. The first-order valence-corrected chi connectivity index (χ1v) is 13.1. The fraction of sp³-hybridized carbons (Fsp3) is 0.385. The molecular weight excluding hydrogens is 594 g/mol. The minimum absolute atomic E-state index is 0.264. The van der Waals surface area contributed by atoms with Crippen molar-refractivity contribution in [3.05, 3.63) is 61.0 Å². The first-order valence-electron chi connectivity index (χ1n) is 11.5. The molecule has 0 amide bonds. The second-order valence-corrected chi connectivity index (χ2v) is 10.7. The first kappa shape index (κ1) is 27.9. The van der Waals surface area contributed by atoms with Crippen LogP contribution in [0.4, 0.5) is 0 Å². The highest BCUT2D eigenvalue weighted by molar-refractivity contribution is 9.10. The van der Waals surface area contributed by atoms with Crippen LogP contribution in [-0.4, -0.2) is 41.2 Å². The molecule has 0 unspecified atom stereocenters. The maximum absolute atomic E-state index is 13.4. The maximum atomic E-state index is 13.4. The standard InChI is InChI=1S/C26H29Br2N3O5/c1-7-34-21-11-16(19(28)13-22(21)36-15(3)24(33)35-8-2)14-29-31-23(32)18-12-17(27)9-10-20(18)30-25(31)26(4,5)6/h9-15H,7-8H2,1-6H3/t15-/m1/s1. The molecule has 1 heterocycles. The van der Waals surface area contributed by atoms with E-state index in [4.69, 9.17) is 19.2 Å². The van der Waals surface area contributed by atoms with Gasteiger partial charge in [0.25, 0.3) is 5.56 Å². The van der Waals surface area contributed by atoms with Crippen LogP contribution < -0.4 is 15.0 Å². The molecule has 3 rings (SSSR count). The maximum Gasteiger partial charge on any atom is 0.347 e. The molecule has 0 N–H and O–H groups in total. The van der Waals surface area contributed by atoms with Crippen LogP contribution in [0.25, 0.3) is 10.9 Å². The second-order valence-electron chi connectivity index (χ2n) is 8.97. The van der Waals surface area contributed by atoms with Crippen LogP contribution in [0, 0.1) is 0 Å². The normalized spacial score (nSPS) is 12.7. The molecule has 0 aliphatic rings. The molecule has 8 nitrogen and oxygen atoms in total. The van der Waals surface area contributed by atoms with Crippen molar-refractivity contribution >= 4 is 54.9 Å². The minimum Gasteiger partial charge on any atom is -0.490 e. The van der Waals surface area contributed by atoms with Crippen molar-refractivity contribution in [1.82, 2.24) is 9.66 Å². The average Bonchev–Trinajstić information content (AvgIpc) is 2.80. The summed E-state index contributed by atoms with van der Waals surface area (Å²) in [6.45, 7) is 11.8. The average molecular weight is 623 g/mol. The third kappa shape index (κ3) is 6.34. The van der Waals surface area contributed by atoms with Crippen LogP contribution in [0.1, 0.15) is 52.9 Å². The summed E-state index contributed by atoms with van der Waals surface area (Å²) in [6, 6.07) is 8.84. The number of nitrogens with zero attached hydrogens (tertiary/aromatic N) is 3. The number of hydrogen-bond donors (Lipinski definition) is 0. The molecule has 0 bridgehead atoms. The van der Waals surface area contributed by atoms with Gasteiger partial charge >= 0.3 is 5.97 Å². The van der Waals surface area contributed by atoms with Crippen molar-refractivity contribution < 1.29 is 19.0 Å². The van der Waals surface area contributed by atoms with Crippen molar-refractivity contribution in [2.45, 2.75) is 53.1 Å². The Labute approximate surface area is 226 Å². The van der Waals surface area contributed by atoms with Gasteiger partial charge in [-0.3, -0.25) is 4.79 Å². The molecule has 10 heteroatoms. The van der Waals surface area contributed by atoms with Gasteiger partial charge in [0.2, 0.25) is 0 Å². The summed E-state index contributed by atoms with van der Waals surface area (Å²) in [4.78, 5) is 30.2. The van der Waals surface area contributed by atoms with E-state index < -0.39 is 17.5 Å². The molecule has 3 aromatic rings. The topological polar surface area (TPSA) is 92.0 Å². The van der Waals surface area contributed by atoms with Crippen molar-refractivity contribution in [3.63, 3.8) is 0 Å². The fourth-order valence-electron chi connectivity index (χ4n) is 3.37. The fourth-order valence-corrected chi connectivity index (χ4v) is 4.16. The Morgan fingerprint density at radius 2 is 1.86 bits per heavy atom. The minimum atomic E-state index is -0.813. The summed E-state index contributed by atoms with van der Waals surface area (Å²) in [5, 5.41) is 4.99.